The van der Waals surface area contributed by atoms with E-state index in [-0.39, 0.29) is 24.5 Å². The van der Waals surface area contributed by atoms with Crippen LogP contribution in [0.25, 0.3) is 10.9 Å². The Labute approximate surface area is 141 Å². The van der Waals surface area contributed by atoms with E-state index >= 15 is 0 Å². The molecule has 0 saturated carbocycles. The van der Waals surface area contributed by atoms with Crippen LogP contribution in [0.3, 0.4) is 0 Å². The second kappa shape index (κ2) is 8.49. The van der Waals surface area contributed by atoms with Gasteiger partial charge in [0.1, 0.15) is 6.04 Å². The topological polar surface area (TPSA) is 94.2 Å². The minimum Gasteiger partial charge on any atom is -0.396 e. The molecular formula is C18H25N3O3. The zero-order valence-electron chi connectivity index (χ0n) is 14.1. The normalized spacial score (nSPS) is 13.5. The van der Waals surface area contributed by atoms with Crippen LogP contribution in [-0.4, -0.2) is 40.6 Å². The van der Waals surface area contributed by atoms with Gasteiger partial charge in [-0.05, 0) is 24.5 Å². The molecule has 0 aliphatic heterocycles. The van der Waals surface area contributed by atoms with E-state index in [9.17, 15) is 9.59 Å². The lowest BCUT2D eigenvalue weighted by Gasteiger charge is -2.22. The molecule has 130 valence electrons. The van der Waals surface area contributed by atoms with Gasteiger partial charge in [-0.2, -0.15) is 0 Å². The van der Waals surface area contributed by atoms with Crippen molar-refractivity contribution in [1.82, 2.24) is 15.6 Å². The lowest BCUT2D eigenvalue weighted by Crippen LogP contribution is -2.50. The van der Waals surface area contributed by atoms with E-state index in [1.807, 2.05) is 37.4 Å². The summed E-state index contributed by atoms with van der Waals surface area (Å²) in [4.78, 5) is 27.2. The highest BCUT2D eigenvalue weighted by atomic mass is 16.3. The first-order valence-corrected chi connectivity index (χ1v) is 8.28. The van der Waals surface area contributed by atoms with E-state index in [2.05, 4.69) is 15.6 Å². The maximum absolute atomic E-state index is 12.6. The largest absolute Gasteiger partial charge is 0.396 e. The van der Waals surface area contributed by atoms with Crippen molar-refractivity contribution in [3.8, 4) is 0 Å². The predicted octanol–water partition coefficient (Wildman–Crippen LogP) is 1.49. The Morgan fingerprint density at radius 2 is 2.00 bits per heavy atom. The van der Waals surface area contributed by atoms with Crippen LogP contribution in [0.5, 0.6) is 0 Å². The van der Waals surface area contributed by atoms with Gasteiger partial charge in [0.2, 0.25) is 11.8 Å². The summed E-state index contributed by atoms with van der Waals surface area (Å²) >= 11 is 0. The standard InChI is InChI=1S/C18H25N3O3/c1-3-14(8-9-22)21-18(24)17(20-12(2)23)10-13-11-19-16-7-5-4-6-15(13)16/h4-7,11,14,17,19,22H,3,8-10H2,1-2H3,(H,20,23)(H,21,24). The van der Waals surface area contributed by atoms with Gasteiger partial charge in [0.25, 0.3) is 0 Å². The Balaban J connectivity index is 2.15. The molecule has 0 aliphatic carbocycles. The summed E-state index contributed by atoms with van der Waals surface area (Å²) in [7, 11) is 0. The minimum absolute atomic E-state index is 0.0199. The number of aromatic nitrogens is 1. The Morgan fingerprint density at radius 1 is 1.25 bits per heavy atom. The molecule has 0 fully saturated rings. The lowest BCUT2D eigenvalue weighted by molar-refractivity contribution is -0.128. The summed E-state index contributed by atoms with van der Waals surface area (Å²) in [5, 5.41) is 15.7. The average Bonchev–Trinajstić information content (AvgIpc) is 2.96. The van der Waals surface area contributed by atoms with Crippen molar-refractivity contribution < 1.29 is 14.7 Å². The molecule has 6 heteroatoms. The molecule has 2 amide bonds. The number of aliphatic hydroxyl groups is 1. The first kappa shape index (κ1) is 18.0. The molecule has 6 nitrogen and oxygen atoms in total. The molecule has 0 radical (unpaired) electrons. The van der Waals surface area contributed by atoms with E-state index in [1.165, 1.54) is 6.92 Å². The van der Waals surface area contributed by atoms with Crippen LogP contribution in [0.15, 0.2) is 30.5 Å². The number of benzene rings is 1. The Hall–Kier alpha value is -2.34. The molecule has 2 atom stereocenters. The van der Waals surface area contributed by atoms with Gasteiger partial charge < -0.3 is 20.7 Å². The zero-order valence-corrected chi connectivity index (χ0v) is 14.1. The molecule has 0 aliphatic rings. The van der Waals surface area contributed by atoms with Gasteiger partial charge in [-0.15, -0.1) is 0 Å². The summed E-state index contributed by atoms with van der Waals surface area (Å²) in [5.74, 6) is -0.471. The molecule has 2 rings (SSSR count). The van der Waals surface area contributed by atoms with Crippen LogP contribution in [0.4, 0.5) is 0 Å². The minimum atomic E-state index is -0.644. The van der Waals surface area contributed by atoms with Gasteiger partial charge in [-0.25, -0.2) is 0 Å². The van der Waals surface area contributed by atoms with Gasteiger partial charge in [-0.1, -0.05) is 25.1 Å². The number of hydrogen-bond donors (Lipinski definition) is 4. The number of nitrogens with one attached hydrogen (secondary N) is 3. The average molecular weight is 331 g/mol. The van der Waals surface area contributed by atoms with Crippen molar-refractivity contribution in [3.63, 3.8) is 0 Å². The number of carbonyl (C=O) groups excluding carboxylic acids is 2. The number of aromatic amines is 1. The van der Waals surface area contributed by atoms with Crippen molar-refractivity contribution >= 4 is 22.7 Å². The first-order chi connectivity index (χ1) is 11.5. The quantitative estimate of drug-likeness (QED) is 0.590. The van der Waals surface area contributed by atoms with Gasteiger partial charge in [0, 0.05) is 43.1 Å². The van der Waals surface area contributed by atoms with Crippen LogP contribution < -0.4 is 10.6 Å². The number of hydrogen-bond acceptors (Lipinski definition) is 3. The van der Waals surface area contributed by atoms with Gasteiger partial charge in [-0.3, -0.25) is 9.59 Å². The van der Waals surface area contributed by atoms with Crippen LogP contribution >= 0.6 is 0 Å². The van der Waals surface area contributed by atoms with Crippen molar-refractivity contribution in [2.24, 2.45) is 0 Å². The van der Waals surface area contributed by atoms with Gasteiger partial charge in [0.05, 0.1) is 0 Å². The van der Waals surface area contributed by atoms with Gasteiger partial charge >= 0.3 is 0 Å². The van der Waals surface area contributed by atoms with Crippen LogP contribution in [0.2, 0.25) is 0 Å². The fourth-order valence-corrected chi connectivity index (χ4v) is 2.81. The third-order valence-corrected chi connectivity index (χ3v) is 4.11. The molecular weight excluding hydrogens is 306 g/mol. The number of rotatable bonds is 8. The molecule has 0 spiro atoms. The molecule has 0 bridgehead atoms. The zero-order chi connectivity index (χ0) is 17.5. The molecule has 1 aromatic carbocycles. The third-order valence-electron chi connectivity index (χ3n) is 4.11. The Morgan fingerprint density at radius 3 is 2.67 bits per heavy atom. The number of H-pyrrole nitrogens is 1. The molecule has 4 N–H and O–H groups in total. The number of aliphatic hydroxyl groups excluding tert-OH is 1. The number of fused-ring (bicyclic) bond motifs is 1. The van der Waals surface area contributed by atoms with E-state index < -0.39 is 6.04 Å². The summed E-state index contributed by atoms with van der Waals surface area (Å²) in [6.45, 7) is 3.38. The van der Waals surface area contributed by atoms with Crippen LogP contribution in [-0.2, 0) is 16.0 Å². The van der Waals surface area contributed by atoms with Gasteiger partial charge in [0.15, 0.2) is 0 Å². The molecule has 2 unspecified atom stereocenters. The molecule has 1 heterocycles. The van der Waals surface area contributed by atoms with E-state index in [4.69, 9.17) is 5.11 Å². The molecule has 24 heavy (non-hydrogen) atoms. The van der Waals surface area contributed by atoms with E-state index in [0.717, 1.165) is 22.9 Å². The Bertz CT molecular complexity index is 696. The maximum atomic E-state index is 12.6. The third kappa shape index (κ3) is 4.58. The monoisotopic (exact) mass is 331 g/mol. The van der Waals surface area contributed by atoms with Crippen molar-refractivity contribution in [2.75, 3.05) is 6.61 Å². The second-order valence-corrected chi connectivity index (χ2v) is 5.94. The molecule has 0 saturated heterocycles. The fraction of sp³-hybridized carbons (Fsp3) is 0.444. The highest BCUT2D eigenvalue weighted by molar-refractivity contribution is 5.89. The SMILES string of the molecule is CCC(CCO)NC(=O)C(Cc1c[nH]c2ccccc12)NC(C)=O. The summed E-state index contributed by atoms with van der Waals surface area (Å²) in [6.07, 6.45) is 3.51. The Kier molecular flexibility index (Phi) is 6.37. The second-order valence-electron chi connectivity index (χ2n) is 5.94. The van der Waals surface area contributed by atoms with Crippen molar-refractivity contribution in [2.45, 2.75) is 45.2 Å². The fourth-order valence-electron chi connectivity index (χ4n) is 2.81. The number of para-hydroxylation sites is 1. The van der Waals surface area contributed by atoms with E-state index in [0.29, 0.717) is 12.8 Å². The summed E-state index contributed by atoms with van der Waals surface area (Å²) in [5.41, 5.74) is 1.98. The molecule has 2 aromatic rings. The number of amides is 2. The number of carbonyl (C=O) groups is 2. The summed E-state index contributed by atoms with van der Waals surface area (Å²) < 4.78 is 0. The first-order valence-electron chi connectivity index (χ1n) is 8.28. The van der Waals surface area contributed by atoms with Crippen molar-refractivity contribution in [1.29, 1.82) is 0 Å². The van der Waals surface area contributed by atoms with Crippen LogP contribution in [0.1, 0.15) is 32.3 Å². The van der Waals surface area contributed by atoms with E-state index in [1.54, 1.807) is 0 Å². The predicted molar refractivity (Wildman–Crippen MR) is 93.5 cm³/mol. The highest BCUT2D eigenvalue weighted by Gasteiger charge is 2.23. The summed E-state index contributed by atoms with van der Waals surface area (Å²) in [6, 6.07) is 7.12. The van der Waals surface area contributed by atoms with Crippen molar-refractivity contribution in [3.05, 3.63) is 36.0 Å². The molecule has 1 aromatic heterocycles. The maximum Gasteiger partial charge on any atom is 0.243 e. The van der Waals surface area contributed by atoms with Crippen LogP contribution in [0, 0.1) is 0 Å². The lowest BCUT2D eigenvalue weighted by atomic mass is 10.0. The smallest absolute Gasteiger partial charge is 0.243 e. The highest BCUT2D eigenvalue weighted by Crippen LogP contribution is 2.19.